The highest BCUT2D eigenvalue weighted by atomic mass is 32.2. The van der Waals surface area contributed by atoms with Crippen molar-refractivity contribution < 1.29 is 9.53 Å². The van der Waals surface area contributed by atoms with Gasteiger partial charge in [0.05, 0.1) is 12.5 Å². The molecule has 0 saturated carbocycles. The molecule has 6 heteroatoms. The zero-order chi connectivity index (χ0) is 26.8. The average Bonchev–Trinajstić information content (AvgIpc) is 3.33. The molecule has 3 rings (SSSR count). The largest absolute Gasteiger partial charge is 0.494 e. The summed E-state index contributed by atoms with van der Waals surface area (Å²) >= 11 is 1.80. The van der Waals surface area contributed by atoms with Crippen LogP contribution in [0.1, 0.15) is 96.5 Å². The van der Waals surface area contributed by atoms with Crippen molar-refractivity contribution in [1.82, 2.24) is 4.90 Å². The predicted octanol–water partition coefficient (Wildman–Crippen LogP) is 9.78. The maximum absolute atomic E-state index is 12.6. The van der Waals surface area contributed by atoms with Crippen molar-refractivity contribution in [2.24, 2.45) is 0 Å². The van der Waals surface area contributed by atoms with Crippen molar-refractivity contribution in [2.75, 3.05) is 23.1 Å². The Hall–Kier alpha value is -2.60. The molecule has 208 valence electrons. The van der Waals surface area contributed by atoms with E-state index in [1.165, 1.54) is 76.3 Å². The van der Waals surface area contributed by atoms with E-state index in [1.807, 2.05) is 42.5 Å². The molecule has 5 nitrogen and oxygen atoms in total. The van der Waals surface area contributed by atoms with Crippen molar-refractivity contribution >= 4 is 29.2 Å². The summed E-state index contributed by atoms with van der Waals surface area (Å²) < 4.78 is 5.90. The minimum absolute atomic E-state index is 0.245. The van der Waals surface area contributed by atoms with Gasteiger partial charge in [0, 0.05) is 23.6 Å². The Morgan fingerprint density at radius 2 is 1.47 bits per heavy atom. The fourth-order valence-corrected chi connectivity index (χ4v) is 5.57. The number of amides is 2. The minimum atomic E-state index is -0.245. The van der Waals surface area contributed by atoms with Gasteiger partial charge < -0.3 is 20.3 Å². The summed E-state index contributed by atoms with van der Waals surface area (Å²) in [6, 6.07) is 15.3. The van der Waals surface area contributed by atoms with Gasteiger partial charge in [0.15, 0.2) is 0 Å². The van der Waals surface area contributed by atoms with E-state index in [2.05, 4.69) is 40.9 Å². The Labute approximate surface area is 234 Å². The summed E-state index contributed by atoms with van der Waals surface area (Å²) in [5.41, 5.74) is 3.93. The summed E-state index contributed by atoms with van der Waals surface area (Å²) in [4.78, 5) is 15.0. The van der Waals surface area contributed by atoms with Crippen LogP contribution in [0.3, 0.4) is 0 Å². The van der Waals surface area contributed by atoms with Crippen LogP contribution in [-0.4, -0.2) is 23.4 Å². The lowest BCUT2D eigenvalue weighted by molar-refractivity contribution is 0.262. The number of nitrogens with zero attached hydrogens (tertiary/aromatic N) is 1. The van der Waals surface area contributed by atoms with Crippen LogP contribution in [-0.2, 0) is 6.54 Å². The standard InChI is InChI=1S/C32H47N3O2S/c1-3-4-5-6-7-8-9-10-11-12-13-16-23-37-30-21-19-29(20-22-30)33-32(36)34-31-18-15-14-17-28(31)24-35-26-38-25-27(35)2/h14-15,17-22,25H,3-13,16,23-24,26H2,1-2H3,(H2,33,34,36). The molecule has 1 aliphatic rings. The Kier molecular flexibility index (Phi) is 14.0. The van der Waals surface area contributed by atoms with Crippen molar-refractivity contribution in [3.05, 3.63) is 65.2 Å². The molecular formula is C32H47N3O2S. The number of carbonyl (C=O) groups is 1. The van der Waals surface area contributed by atoms with E-state index < -0.39 is 0 Å². The fourth-order valence-electron chi connectivity index (χ4n) is 4.63. The first kappa shape index (κ1) is 29.9. The number of anilines is 2. The second-order valence-corrected chi connectivity index (χ2v) is 11.1. The summed E-state index contributed by atoms with van der Waals surface area (Å²) in [5.74, 6) is 1.79. The third kappa shape index (κ3) is 11.4. The first-order valence-electron chi connectivity index (χ1n) is 14.6. The normalized spacial score (nSPS) is 12.9. The topological polar surface area (TPSA) is 53.6 Å². The van der Waals surface area contributed by atoms with Gasteiger partial charge in [0.25, 0.3) is 0 Å². The monoisotopic (exact) mass is 537 g/mol. The molecule has 2 N–H and O–H groups in total. The van der Waals surface area contributed by atoms with Crippen LogP contribution in [0.25, 0.3) is 0 Å². The lowest BCUT2D eigenvalue weighted by atomic mass is 10.1. The Morgan fingerprint density at radius 3 is 2.11 bits per heavy atom. The van der Waals surface area contributed by atoms with Crippen molar-refractivity contribution in [3.63, 3.8) is 0 Å². The number of urea groups is 1. The Balaban J connectivity index is 1.27. The molecular weight excluding hydrogens is 490 g/mol. The van der Waals surface area contributed by atoms with Crippen LogP contribution >= 0.6 is 11.8 Å². The van der Waals surface area contributed by atoms with Gasteiger partial charge in [0.2, 0.25) is 0 Å². The maximum Gasteiger partial charge on any atom is 0.323 e. The molecule has 0 radical (unpaired) electrons. The quantitative estimate of drug-likeness (QED) is 0.186. The predicted molar refractivity (Wildman–Crippen MR) is 164 cm³/mol. The Morgan fingerprint density at radius 1 is 0.842 bits per heavy atom. The number of unbranched alkanes of at least 4 members (excludes halogenated alkanes) is 11. The number of ether oxygens (including phenoxy) is 1. The van der Waals surface area contributed by atoms with Gasteiger partial charge in [-0.15, -0.1) is 11.8 Å². The van der Waals surface area contributed by atoms with Gasteiger partial charge in [-0.1, -0.05) is 95.8 Å². The van der Waals surface area contributed by atoms with Crippen LogP contribution in [0.2, 0.25) is 0 Å². The number of thioether (sulfide) groups is 1. The lowest BCUT2D eigenvalue weighted by Gasteiger charge is -2.21. The van der Waals surface area contributed by atoms with Crippen molar-refractivity contribution in [2.45, 2.75) is 97.4 Å². The van der Waals surface area contributed by atoms with E-state index in [-0.39, 0.29) is 6.03 Å². The van der Waals surface area contributed by atoms with E-state index in [1.54, 1.807) is 11.8 Å². The molecule has 2 aromatic carbocycles. The van der Waals surface area contributed by atoms with Crippen LogP contribution in [0.4, 0.5) is 16.2 Å². The summed E-state index contributed by atoms with van der Waals surface area (Å²) in [7, 11) is 0. The molecule has 0 atom stereocenters. The first-order valence-corrected chi connectivity index (χ1v) is 15.6. The van der Waals surface area contributed by atoms with Crippen LogP contribution in [0.5, 0.6) is 5.75 Å². The molecule has 1 heterocycles. The van der Waals surface area contributed by atoms with Crippen molar-refractivity contribution in [1.29, 1.82) is 0 Å². The molecule has 0 bridgehead atoms. The Bertz CT molecular complexity index is 977. The number of carbonyl (C=O) groups excluding carboxylic acids is 1. The summed E-state index contributed by atoms with van der Waals surface area (Å²) in [5, 5.41) is 8.11. The molecule has 0 aromatic heterocycles. The van der Waals surface area contributed by atoms with Gasteiger partial charge in [-0.2, -0.15) is 0 Å². The van der Waals surface area contributed by atoms with Gasteiger partial charge >= 0.3 is 6.03 Å². The molecule has 0 aliphatic carbocycles. The molecule has 0 unspecified atom stereocenters. The van der Waals surface area contributed by atoms with E-state index in [4.69, 9.17) is 4.74 Å². The SMILES string of the molecule is CCCCCCCCCCCCCCOc1ccc(NC(=O)Nc2ccccc2CN2CSC=C2C)cc1. The number of para-hydroxylation sites is 1. The summed E-state index contributed by atoms with van der Waals surface area (Å²) in [6.45, 7) is 5.91. The van der Waals surface area contributed by atoms with Crippen LogP contribution in [0.15, 0.2) is 59.6 Å². The second-order valence-electron chi connectivity index (χ2n) is 10.3. The molecule has 1 aliphatic heterocycles. The molecule has 38 heavy (non-hydrogen) atoms. The zero-order valence-corrected chi connectivity index (χ0v) is 24.3. The summed E-state index contributed by atoms with van der Waals surface area (Å²) in [6.07, 6.45) is 16.1. The van der Waals surface area contributed by atoms with Gasteiger partial charge in [0.1, 0.15) is 5.75 Å². The fraction of sp³-hybridized carbons (Fsp3) is 0.531. The molecule has 2 aromatic rings. The van der Waals surface area contributed by atoms with Crippen LogP contribution in [0, 0.1) is 0 Å². The number of allylic oxidation sites excluding steroid dienone is 1. The number of benzene rings is 2. The third-order valence-corrected chi connectivity index (χ3v) is 7.96. The number of hydrogen-bond acceptors (Lipinski definition) is 4. The average molecular weight is 538 g/mol. The molecule has 0 saturated heterocycles. The molecule has 0 spiro atoms. The van der Waals surface area contributed by atoms with Gasteiger partial charge in [-0.25, -0.2) is 4.79 Å². The third-order valence-electron chi connectivity index (χ3n) is 6.99. The number of hydrogen-bond donors (Lipinski definition) is 2. The zero-order valence-electron chi connectivity index (χ0n) is 23.5. The van der Waals surface area contributed by atoms with Crippen molar-refractivity contribution in [3.8, 4) is 5.75 Å². The van der Waals surface area contributed by atoms with E-state index >= 15 is 0 Å². The second kappa shape index (κ2) is 17.8. The highest BCUT2D eigenvalue weighted by Crippen LogP contribution is 2.27. The molecule has 2 amide bonds. The van der Waals surface area contributed by atoms with Gasteiger partial charge in [-0.3, -0.25) is 0 Å². The smallest absolute Gasteiger partial charge is 0.323 e. The lowest BCUT2D eigenvalue weighted by Crippen LogP contribution is -2.22. The van der Waals surface area contributed by atoms with E-state index in [0.717, 1.165) is 48.1 Å². The number of nitrogens with one attached hydrogen (secondary N) is 2. The highest BCUT2D eigenvalue weighted by molar-refractivity contribution is 8.02. The van der Waals surface area contributed by atoms with Crippen LogP contribution < -0.4 is 15.4 Å². The van der Waals surface area contributed by atoms with E-state index in [0.29, 0.717) is 0 Å². The maximum atomic E-state index is 12.6. The number of rotatable bonds is 18. The molecule has 0 fully saturated rings. The first-order chi connectivity index (χ1) is 18.7. The van der Waals surface area contributed by atoms with E-state index in [9.17, 15) is 4.79 Å². The minimum Gasteiger partial charge on any atom is -0.494 e. The van der Waals surface area contributed by atoms with Gasteiger partial charge in [-0.05, 0) is 54.6 Å². The highest BCUT2D eigenvalue weighted by Gasteiger charge is 2.14.